The van der Waals surface area contributed by atoms with Gasteiger partial charge in [-0.1, -0.05) is 11.8 Å². The van der Waals surface area contributed by atoms with Crippen molar-refractivity contribution >= 4 is 46.5 Å². The van der Waals surface area contributed by atoms with E-state index in [-0.39, 0.29) is 23.4 Å². The number of hydrogen-bond donors (Lipinski definition) is 2. The highest BCUT2D eigenvalue weighted by atomic mass is 32.2. The summed E-state index contributed by atoms with van der Waals surface area (Å²) >= 11 is 2.33. The second kappa shape index (κ2) is 8.55. The van der Waals surface area contributed by atoms with Crippen LogP contribution in [-0.4, -0.2) is 36.3 Å². The quantitative estimate of drug-likeness (QED) is 0.573. The molecule has 0 radical (unpaired) electrons. The summed E-state index contributed by atoms with van der Waals surface area (Å²) in [6, 6.07) is 6.94. The number of anilines is 2. The largest absolute Gasteiger partial charge is 0.497 e. The Kier molecular flexibility index (Phi) is 6.44. The number of esters is 1. The molecule has 7 nitrogen and oxygen atoms in total. The van der Waals surface area contributed by atoms with Crippen molar-refractivity contribution in [1.82, 2.24) is 4.98 Å². The molecule has 0 bridgehead atoms. The first-order valence-electron chi connectivity index (χ1n) is 7.03. The van der Waals surface area contributed by atoms with Crippen molar-refractivity contribution in [3.8, 4) is 5.75 Å². The number of aromatic nitrogens is 1. The number of carbonyl (C=O) groups is 2. The lowest BCUT2D eigenvalue weighted by Gasteiger charge is -2.05. The second-order valence-electron chi connectivity index (χ2n) is 4.47. The van der Waals surface area contributed by atoms with E-state index < -0.39 is 0 Å². The molecule has 2 rings (SSSR count). The van der Waals surface area contributed by atoms with Crippen molar-refractivity contribution in [2.75, 3.05) is 30.5 Å². The van der Waals surface area contributed by atoms with E-state index in [1.807, 2.05) is 0 Å². The van der Waals surface area contributed by atoms with E-state index in [2.05, 4.69) is 10.3 Å². The topological polar surface area (TPSA) is 104 Å². The van der Waals surface area contributed by atoms with E-state index in [0.717, 1.165) is 11.3 Å². The number of nitrogens with zero attached hydrogens (tertiary/aromatic N) is 1. The van der Waals surface area contributed by atoms with Crippen LogP contribution < -0.4 is 15.8 Å². The van der Waals surface area contributed by atoms with Crippen LogP contribution in [0, 0.1) is 0 Å². The van der Waals surface area contributed by atoms with Gasteiger partial charge in [-0.15, -0.1) is 11.3 Å². The molecule has 3 N–H and O–H groups in total. The Balaban J connectivity index is 2.00. The smallest absolute Gasteiger partial charge is 0.316 e. The van der Waals surface area contributed by atoms with Gasteiger partial charge in [-0.05, 0) is 31.2 Å². The fourth-order valence-corrected chi connectivity index (χ4v) is 3.48. The van der Waals surface area contributed by atoms with E-state index in [9.17, 15) is 9.59 Å². The first-order chi connectivity index (χ1) is 11.5. The van der Waals surface area contributed by atoms with Gasteiger partial charge in [0.25, 0.3) is 5.91 Å². The van der Waals surface area contributed by atoms with Crippen LogP contribution >= 0.6 is 23.1 Å². The van der Waals surface area contributed by atoms with Crippen LogP contribution in [0.25, 0.3) is 0 Å². The maximum atomic E-state index is 12.3. The monoisotopic (exact) mass is 367 g/mol. The maximum Gasteiger partial charge on any atom is 0.316 e. The summed E-state index contributed by atoms with van der Waals surface area (Å²) in [6.07, 6.45) is 0. The molecule has 2 aromatic rings. The molecule has 9 heteroatoms. The second-order valence-corrected chi connectivity index (χ2v) is 6.69. The van der Waals surface area contributed by atoms with E-state index >= 15 is 0 Å². The molecule has 0 aliphatic carbocycles. The van der Waals surface area contributed by atoms with Crippen molar-refractivity contribution in [2.45, 2.75) is 11.3 Å². The molecule has 0 aliphatic heterocycles. The lowest BCUT2D eigenvalue weighted by atomic mass is 10.3. The van der Waals surface area contributed by atoms with Crippen molar-refractivity contribution in [3.63, 3.8) is 0 Å². The fraction of sp³-hybridized carbons (Fsp3) is 0.267. The first kappa shape index (κ1) is 18.1. The zero-order chi connectivity index (χ0) is 17.5. The van der Waals surface area contributed by atoms with Gasteiger partial charge in [-0.25, -0.2) is 4.98 Å². The standard InChI is InChI=1S/C15H17N3O4S2/c1-3-22-11(19)8-23-15-18-13(16)12(24-15)14(20)17-9-4-6-10(21-2)7-5-9/h4-7H,3,8,16H2,1-2H3,(H,17,20). The number of thiazole rings is 1. The SMILES string of the molecule is CCOC(=O)CSc1nc(N)c(C(=O)Nc2ccc(OC)cc2)s1. The average Bonchev–Trinajstić information content (AvgIpc) is 2.95. The highest BCUT2D eigenvalue weighted by molar-refractivity contribution is 8.01. The summed E-state index contributed by atoms with van der Waals surface area (Å²) in [5.74, 6) is 0.277. The first-order valence-corrected chi connectivity index (χ1v) is 8.83. The summed E-state index contributed by atoms with van der Waals surface area (Å²) in [4.78, 5) is 28.0. The zero-order valence-corrected chi connectivity index (χ0v) is 14.8. The summed E-state index contributed by atoms with van der Waals surface area (Å²) in [7, 11) is 1.57. The Bertz CT molecular complexity index is 716. The van der Waals surface area contributed by atoms with E-state index in [4.69, 9.17) is 15.2 Å². The van der Waals surface area contributed by atoms with E-state index in [0.29, 0.717) is 27.3 Å². The van der Waals surface area contributed by atoms with Gasteiger partial charge in [-0.3, -0.25) is 9.59 Å². The number of hydrogen-bond acceptors (Lipinski definition) is 8. The highest BCUT2D eigenvalue weighted by Gasteiger charge is 2.17. The zero-order valence-electron chi connectivity index (χ0n) is 13.2. The normalized spacial score (nSPS) is 10.2. The summed E-state index contributed by atoms with van der Waals surface area (Å²) in [5.41, 5.74) is 6.42. The minimum Gasteiger partial charge on any atom is -0.497 e. The molecular formula is C15H17N3O4S2. The van der Waals surface area contributed by atoms with Crippen molar-refractivity contribution in [2.24, 2.45) is 0 Å². The van der Waals surface area contributed by atoms with Crippen LogP contribution in [0.3, 0.4) is 0 Å². The molecule has 1 heterocycles. The molecule has 0 fully saturated rings. The third kappa shape index (κ3) is 4.87. The van der Waals surface area contributed by atoms with Crippen LogP contribution in [0.15, 0.2) is 28.6 Å². The maximum absolute atomic E-state index is 12.3. The molecule has 0 saturated carbocycles. The molecule has 24 heavy (non-hydrogen) atoms. The molecular weight excluding hydrogens is 350 g/mol. The number of methoxy groups -OCH3 is 1. The van der Waals surface area contributed by atoms with E-state index in [1.165, 1.54) is 11.8 Å². The third-order valence-electron chi connectivity index (χ3n) is 2.81. The Labute approximate surface area is 147 Å². The summed E-state index contributed by atoms with van der Waals surface area (Å²) in [5, 5.41) is 2.74. The predicted molar refractivity (Wildman–Crippen MR) is 94.8 cm³/mol. The molecule has 0 atom stereocenters. The molecule has 1 aromatic carbocycles. The van der Waals surface area contributed by atoms with Crippen LogP contribution in [0.5, 0.6) is 5.75 Å². The molecule has 0 spiro atoms. The number of rotatable bonds is 7. The molecule has 0 unspecified atom stereocenters. The van der Waals surface area contributed by atoms with Gasteiger partial charge < -0.3 is 20.5 Å². The van der Waals surface area contributed by atoms with Gasteiger partial charge in [0.05, 0.1) is 19.5 Å². The minimum absolute atomic E-state index is 0.125. The molecule has 0 aliphatic rings. The molecule has 0 saturated heterocycles. The number of nitrogens with two attached hydrogens (primary N) is 1. The Morgan fingerprint density at radius 3 is 2.67 bits per heavy atom. The van der Waals surface area contributed by atoms with Gasteiger partial charge in [-0.2, -0.15) is 0 Å². The molecule has 1 aromatic heterocycles. The van der Waals surface area contributed by atoms with E-state index in [1.54, 1.807) is 38.3 Å². The van der Waals surface area contributed by atoms with Crippen molar-refractivity contribution in [3.05, 3.63) is 29.1 Å². The number of thioether (sulfide) groups is 1. The lowest BCUT2D eigenvalue weighted by molar-refractivity contribution is -0.139. The Morgan fingerprint density at radius 2 is 2.04 bits per heavy atom. The number of amides is 1. The van der Waals surface area contributed by atoms with Gasteiger partial charge in [0, 0.05) is 5.69 Å². The predicted octanol–water partition coefficient (Wildman–Crippen LogP) is 2.64. The van der Waals surface area contributed by atoms with Crippen LogP contribution in [0.4, 0.5) is 11.5 Å². The van der Waals surface area contributed by atoms with Crippen LogP contribution in [-0.2, 0) is 9.53 Å². The van der Waals surface area contributed by atoms with Gasteiger partial charge in [0.2, 0.25) is 0 Å². The molecule has 128 valence electrons. The minimum atomic E-state index is -0.349. The van der Waals surface area contributed by atoms with Gasteiger partial charge in [0.15, 0.2) is 4.34 Å². The van der Waals surface area contributed by atoms with Gasteiger partial charge >= 0.3 is 5.97 Å². The van der Waals surface area contributed by atoms with Crippen molar-refractivity contribution < 1.29 is 19.1 Å². The van der Waals surface area contributed by atoms with Crippen LogP contribution in [0.1, 0.15) is 16.6 Å². The molecule has 1 amide bonds. The number of ether oxygens (including phenoxy) is 2. The van der Waals surface area contributed by atoms with Gasteiger partial charge in [0.1, 0.15) is 16.4 Å². The fourth-order valence-electron chi connectivity index (χ4n) is 1.72. The summed E-state index contributed by atoms with van der Waals surface area (Å²) < 4.78 is 10.4. The number of nitrogens with one attached hydrogen (secondary N) is 1. The third-order valence-corrected chi connectivity index (χ3v) is 4.99. The lowest BCUT2D eigenvalue weighted by Crippen LogP contribution is -2.12. The van der Waals surface area contributed by atoms with Crippen LogP contribution in [0.2, 0.25) is 0 Å². The number of nitrogen functional groups attached to an aromatic ring is 1. The Morgan fingerprint density at radius 1 is 1.33 bits per heavy atom. The highest BCUT2D eigenvalue weighted by Crippen LogP contribution is 2.29. The Hall–Kier alpha value is -2.26. The average molecular weight is 367 g/mol. The summed E-state index contributed by atoms with van der Waals surface area (Å²) in [6.45, 7) is 2.07. The number of carbonyl (C=O) groups excluding carboxylic acids is 2. The number of benzene rings is 1. The van der Waals surface area contributed by atoms with Crippen molar-refractivity contribution in [1.29, 1.82) is 0 Å².